The van der Waals surface area contributed by atoms with Gasteiger partial charge in [0.15, 0.2) is 5.13 Å². The Morgan fingerprint density at radius 3 is 2.71 bits per heavy atom. The number of nitrogens with zero attached hydrogens (tertiary/aromatic N) is 5. The lowest BCUT2D eigenvalue weighted by Crippen LogP contribution is -2.51. The van der Waals surface area contributed by atoms with Crippen LogP contribution in [0.1, 0.15) is 32.1 Å². The van der Waals surface area contributed by atoms with Crippen molar-refractivity contribution < 1.29 is 17.9 Å². The highest BCUT2D eigenvalue weighted by molar-refractivity contribution is 7.22. The Kier molecular flexibility index (Phi) is 6.22. The zero-order chi connectivity index (χ0) is 28.7. The van der Waals surface area contributed by atoms with Crippen LogP contribution in [0.4, 0.5) is 24.1 Å². The van der Waals surface area contributed by atoms with Crippen molar-refractivity contribution in [3.63, 3.8) is 0 Å². The van der Waals surface area contributed by atoms with E-state index in [0.29, 0.717) is 60.4 Å². The summed E-state index contributed by atoms with van der Waals surface area (Å²) in [5.41, 5.74) is 6.47. The molecule has 220 valence electrons. The number of aromatic nitrogens is 3. The second kappa shape index (κ2) is 9.80. The standard InChI is InChI=1S/C29H29ClF3N7OS/c30-22-21(17-4-5-19(32)25-24(17)36-27(34)42-25)20(33)8-18-23(22)37-28(38-26(18)39-11-15-2-3-16(12-39)35-15)41-13-29-6-1-7-40(29)10-14(31)9-29/h4-5,8,14-16,35H,1-3,6-7,9-13H2,(H2,34,36)/t14-,15?,16?,29+/m1/s1. The lowest BCUT2D eigenvalue weighted by atomic mass is 9.95. The maximum Gasteiger partial charge on any atom is 0.319 e. The average molecular weight is 616 g/mol. The van der Waals surface area contributed by atoms with E-state index in [2.05, 4.69) is 20.1 Å². The first-order valence-corrected chi connectivity index (χ1v) is 15.5. The third kappa shape index (κ3) is 4.21. The summed E-state index contributed by atoms with van der Waals surface area (Å²) in [7, 11) is 0. The van der Waals surface area contributed by atoms with Gasteiger partial charge in [-0.2, -0.15) is 9.97 Å². The topological polar surface area (TPSA) is 92.4 Å². The number of hydrogen-bond donors (Lipinski definition) is 2. The average Bonchev–Trinajstić information content (AvgIpc) is 3.70. The van der Waals surface area contributed by atoms with Gasteiger partial charge in [-0.15, -0.1) is 0 Å². The molecular weight excluding hydrogens is 587 g/mol. The fourth-order valence-corrected chi connectivity index (χ4v) is 8.62. The summed E-state index contributed by atoms with van der Waals surface area (Å²) >= 11 is 7.99. The fraction of sp³-hybridized carbons (Fsp3) is 0.483. The molecule has 0 amide bonds. The first-order chi connectivity index (χ1) is 20.3. The molecule has 8 nitrogen and oxygen atoms in total. The van der Waals surface area contributed by atoms with Crippen molar-refractivity contribution in [3.05, 3.63) is 34.9 Å². The van der Waals surface area contributed by atoms with E-state index < -0.39 is 17.8 Å². The van der Waals surface area contributed by atoms with Crippen molar-refractivity contribution in [1.29, 1.82) is 0 Å². The molecule has 2 bridgehead atoms. The van der Waals surface area contributed by atoms with E-state index in [1.54, 1.807) is 0 Å². The molecule has 0 saturated carbocycles. The van der Waals surface area contributed by atoms with Crippen LogP contribution in [0.15, 0.2) is 18.2 Å². The van der Waals surface area contributed by atoms with Crippen molar-refractivity contribution in [1.82, 2.24) is 25.2 Å². The van der Waals surface area contributed by atoms with Gasteiger partial charge in [-0.3, -0.25) is 4.90 Å². The first-order valence-electron chi connectivity index (χ1n) is 14.4. The van der Waals surface area contributed by atoms with Gasteiger partial charge in [0.1, 0.15) is 30.2 Å². The summed E-state index contributed by atoms with van der Waals surface area (Å²) < 4.78 is 51.5. The molecule has 2 aromatic carbocycles. The molecule has 2 unspecified atom stereocenters. The lowest BCUT2D eigenvalue weighted by molar-refractivity contribution is 0.107. The molecule has 8 rings (SSSR count). The molecule has 6 heterocycles. The van der Waals surface area contributed by atoms with Crippen LogP contribution >= 0.6 is 22.9 Å². The first kappa shape index (κ1) is 26.7. The number of nitrogens with one attached hydrogen (secondary N) is 1. The molecule has 4 saturated heterocycles. The van der Waals surface area contributed by atoms with Crippen LogP contribution < -0.4 is 20.7 Å². The lowest BCUT2D eigenvalue weighted by Gasteiger charge is -2.34. The minimum absolute atomic E-state index is 0.0569. The number of nitrogen functional groups attached to an aromatic ring is 1. The molecule has 2 aromatic heterocycles. The van der Waals surface area contributed by atoms with Gasteiger partial charge in [-0.25, -0.2) is 18.2 Å². The number of halogens is 4. The van der Waals surface area contributed by atoms with Gasteiger partial charge < -0.3 is 20.7 Å². The Balaban J connectivity index is 1.27. The van der Waals surface area contributed by atoms with Crippen LogP contribution in [0.3, 0.4) is 0 Å². The van der Waals surface area contributed by atoms with Gasteiger partial charge in [0.05, 0.1) is 26.3 Å². The number of alkyl halides is 1. The molecular formula is C29H29ClF3N7OS. The Morgan fingerprint density at radius 2 is 1.90 bits per heavy atom. The number of ether oxygens (including phenoxy) is 1. The zero-order valence-corrected chi connectivity index (χ0v) is 24.2. The van der Waals surface area contributed by atoms with Crippen LogP contribution in [0.25, 0.3) is 32.2 Å². The molecule has 4 fully saturated rings. The number of nitrogens with two attached hydrogens (primary N) is 1. The highest BCUT2D eigenvalue weighted by atomic mass is 35.5. The van der Waals surface area contributed by atoms with Crippen molar-refractivity contribution >= 4 is 55.0 Å². The van der Waals surface area contributed by atoms with Gasteiger partial charge in [0.25, 0.3) is 0 Å². The summed E-state index contributed by atoms with van der Waals surface area (Å²) in [6.07, 6.45) is 3.50. The van der Waals surface area contributed by atoms with Crippen LogP contribution in [0.5, 0.6) is 6.01 Å². The predicted octanol–water partition coefficient (Wildman–Crippen LogP) is 5.32. The van der Waals surface area contributed by atoms with E-state index in [-0.39, 0.29) is 44.1 Å². The molecule has 0 aliphatic carbocycles. The number of anilines is 2. The van der Waals surface area contributed by atoms with E-state index in [9.17, 15) is 8.78 Å². The Labute approximate surface area is 249 Å². The Hall–Kier alpha value is -2.93. The quantitative estimate of drug-likeness (QED) is 0.312. The monoisotopic (exact) mass is 615 g/mol. The maximum atomic E-state index is 16.1. The highest BCUT2D eigenvalue weighted by Crippen LogP contribution is 2.44. The number of thiazole rings is 1. The SMILES string of the molecule is Nc1nc2c(-c3c(F)cc4c(N5CC6CCC(C5)N6)nc(OC[C@@]56CCCN5C[C@H](F)C6)nc4c3Cl)ccc(F)c2s1. The minimum atomic E-state index is -0.884. The summed E-state index contributed by atoms with van der Waals surface area (Å²) in [5.74, 6) is -0.529. The smallest absolute Gasteiger partial charge is 0.319 e. The summed E-state index contributed by atoms with van der Waals surface area (Å²) in [4.78, 5) is 18.1. The number of fused-ring (bicyclic) bond motifs is 5. The van der Waals surface area contributed by atoms with Gasteiger partial charge in [0, 0.05) is 54.7 Å². The van der Waals surface area contributed by atoms with Crippen LogP contribution in [0.2, 0.25) is 5.02 Å². The summed E-state index contributed by atoms with van der Waals surface area (Å²) in [5, 5.41) is 4.31. The minimum Gasteiger partial charge on any atom is -0.461 e. The van der Waals surface area contributed by atoms with E-state index in [0.717, 1.165) is 43.6 Å². The van der Waals surface area contributed by atoms with Crippen molar-refractivity contribution in [3.8, 4) is 17.1 Å². The molecule has 4 atom stereocenters. The Bertz CT molecular complexity index is 1730. The normalized spacial score (nSPS) is 27.4. The summed E-state index contributed by atoms with van der Waals surface area (Å²) in [6, 6.07) is 4.86. The number of benzene rings is 2. The third-order valence-corrected chi connectivity index (χ3v) is 10.6. The summed E-state index contributed by atoms with van der Waals surface area (Å²) in [6.45, 7) is 2.94. The van der Waals surface area contributed by atoms with Crippen LogP contribution in [0, 0.1) is 11.6 Å². The molecule has 13 heteroatoms. The molecule has 0 spiro atoms. The van der Waals surface area contributed by atoms with E-state index >= 15 is 4.39 Å². The molecule has 4 aliphatic rings. The molecule has 0 radical (unpaired) electrons. The van der Waals surface area contributed by atoms with Crippen molar-refractivity contribution in [2.75, 3.05) is 43.4 Å². The van der Waals surface area contributed by atoms with Crippen molar-refractivity contribution in [2.45, 2.75) is 55.9 Å². The number of rotatable bonds is 5. The predicted molar refractivity (Wildman–Crippen MR) is 158 cm³/mol. The third-order valence-electron chi connectivity index (χ3n) is 9.37. The van der Waals surface area contributed by atoms with Gasteiger partial charge in [0.2, 0.25) is 0 Å². The number of hydrogen-bond acceptors (Lipinski definition) is 9. The molecule has 4 aliphatic heterocycles. The van der Waals surface area contributed by atoms with Crippen LogP contribution in [-0.4, -0.2) is 76.4 Å². The van der Waals surface area contributed by atoms with E-state index in [1.807, 2.05) is 0 Å². The van der Waals surface area contributed by atoms with Gasteiger partial charge in [-0.1, -0.05) is 22.9 Å². The second-order valence-electron chi connectivity index (χ2n) is 12.0. The van der Waals surface area contributed by atoms with E-state index in [1.165, 1.54) is 18.2 Å². The van der Waals surface area contributed by atoms with Crippen LogP contribution in [-0.2, 0) is 0 Å². The fourth-order valence-electron chi connectivity index (χ4n) is 7.52. The zero-order valence-electron chi connectivity index (χ0n) is 22.7. The molecule has 42 heavy (non-hydrogen) atoms. The van der Waals surface area contributed by atoms with Crippen molar-refractivity contribution in [2.24, 2.45) is 0 Å². The highest BCUT2D eigenvalue weighted by Gasteiger charge is 2.49. The second-order valence-corrected chi connectivity index (χ2v) is 13.4. The maximum absolute atomic E-state index is 16.1. The van der Waals surface area contributed by atoms with Gasteiger partial charge >= 0.3 is 6.01 Å². The van der Waals surface area contributed by atoms with E-state index in [4.69, 9.17) is 32.0 Å². The van der Waals surface area contributed by atoms with Gasteiger partial charge in [-0.05, 0) is 50.4 Å². The molecule has 4 aromatic rings. The number of piperazine rings is 1. The Morgan fingerprint density at radius 1 is 1.10 bits per heavy atom. The molecule has 3 N–H and O–H groups in total. The largest absolute Gasteiger partial charge is 0.461 e.